The van der Waals surface area contributed by atoms with E-state index in [1.807, 2.05) is 5.32 Å². The molecule has 1 N–H and O–H groups in total. The first-order chi connectivity index (χ1) is 13.7. The number of hydrogen-bond acceptors (Lipinski definition) is 5. The van der Waals surface area contributed by atoms with Gasteiger partial charge in [0.15, 0.2) is 0 Å². The van der Waals surface area contributed by atoms with E-state index in [1.54, 1.807) is 0 Å². The van der Waals surface area contributed by atoms with Gasteiger partial charge in [-0.15, -0.1) is 0 Å². The van der Waals surface area contributed by atoms with Gasteiger partial charge in [-0.3, -0.25) is 14.9 Å². The number of aromatic nitrogens is 1. The van der Waals surface area contributed by atoms with Crippen LogP contribution in [0.25, 0.3) is 0 Å². The molecule has 1 aliphatic heterocycles. The summed E-state index contributed by atoms with van der Waals surface area (Å²) in [6, 6.07) is 6.90. The van der Waals surface area contributed by atoms with Gasteiger partial charge < -0.3 is 10.2 Å². The number of pyridine rings is 1. The number of nitrogens with one attached hydrogen (secondary N) is 1. The summed E-state index contributed by atoms with van der Waals surface area (Å²) < 4.78 is 51.6. The van der Waals surface area contributed by atoms with E-state index in [-0.39, 0.29) is 31.0 Å². The lowest BCUT2D eigenvalue weighted by Gasteiger charge is -2.39. The number of alkyl halides is 3. The first kappa shape index (κ1) is 20.5. The van der Waals surface area contributed by atoms with Crippen molar-refractivity contribution in [3.8, 4) is 0 Å². The molecule has 0 aliphatic carbocycles. The lowest BCUT2D eigenvalue weighted by atomic mass is 9.85. The summed E-state index contributed by atoms with van der Waals surface area (Å²) in [5.41, 5.74) is 0.280. The Bertz CT molecular complexity index is 905. The molecule has 11 heteroatoms. The van der Waals surface area contributed by atoms with Crippen LogP contribution in [-0.4, -0.2) is 41.1 Å². The summed E-state index contributed by atoms with van der Waals surface area (Å²) in [4.78, 5) is 27.6. The Hall–Kier alpha value is -3.24. The molecule has 0 bridgehead atoms. The van der Waals surface area contributed by atoms with Crippen LogP contribution in [-0.2, 0) is 4.79 Å². The van der Waals surface area contributed by atoms with Crippen molar-refractivity contribution < 1.29 is 27.3 Å². The Morgan fingerprint density at radius 2 is 1.93 bits per heavy atom. The van der Waals surface area contributed by atoms with Crippen LogP contribution in [0.4, 0.5) is 29.1 Å². The number of halogens is 4. The van der Waals surface area contributed by atoms with Gasteiger partial charge in [0.25, 0.3) is 0 Å². The van der Waals surface area contributed by atoms with Crippen LogP contribution in [0.15, 0.2) is 42.6 Å². The standard InChI is InChI=1S/C18H16F4N4O3/c19-12-5-3-11(4-6-12)13-7-9-25(10-14(13)24-17(27)18(20,21)22)16-15(26(28)29)2-1-8-23-16/h1-6,8,13-14H,7,9-10H2,(H,24,27). The molecule has 1 fully saturated rings. The van der Waals surface area contributed by atoms with E-state index in [1.165, 1.54) is 47.5 Å². The molecule has 2 atom stereocenters. The van der Waals surface area contributed by atoms with Crippen molar-refractivity contribution in [1.82, 2.24) is 10.3 Å². The largest absolute Gasteiger partial charge is 0.471 e. The van der Waals surface area contributed by atoms with Crippen LogP contribution in [0.5, 0.6) is 0 Å². The van der Waals surface area contributed by atoms with Gasteiger partial charge in [-0.25, -0.2) is 9.37 Å². The first-order valence-electron chi connectivity index (χ1n) is 8.64. The second-order valence-electron chi connectivity index (χ2n) is 6.57. The lowest BCUT2D eigenvalue weighted by Crippen LogP contribution is -2.54. The Balaban J connectivity index is 1.91. The number of carbonyl (C=O) groups excluding carboxylic acids is 1. The summed E-state index contributed by atoms with van der Waals surface area (Å²) in [5, 5.41) is 13.2. The van der Waals surface area contributed by atoms with Gasteiger partial charge in [0.1, 0.15) is 5.82 Å². The zero-order valence-corrected chi connectivity index (χ0v) is 14.9. The van der Waals surface area contributed by atoms with E-state index in [0.29, 0.717) is 5.56 Å². The van der Waals surface area contributed by atoms with E-state index >= 15 is 0 Å². The molecule has 1 aromatic carbocycles. The quantitative estimate of drug-likeness (QED) is 0.474. The zero-order valence-electron chi connectivity index (χ0n) is 14.9. The molecule has 29 heavy (non-hydrogen) atoms. The summed E-state index contributed by atoms with van der Waals surface area (Å²) in [6.07, 6.45) is -3.45. The van der Waals surface area contributed by atoms with Crippen LogP contribution in [0.1, 0.15) is 17.9 Å². The average Bonchev–Trinajstić information content (AvgIpc) is 2.68. The zero-order chi connectivity index (χ0) is 21.2. The van der Waals surface area contributed by atoms with Crippen molar-refractivity contribution in [2.45, 2.75) is 24.6 Å². The van der Waals surface area contributed by atoms with Gasteiger partial charge in [-0.2, -0.15) is 13.2 Å². The van der Waals surface area contributed by atoms with Crippen molar-refractivity contribution in [2.75, 3.05) is 18.0 Å². The maximum absolute atomic E-state index is 13.2. The number of anilines is 1. The van der Waals surface area contributed by atoms with Gasteiger partial charge >= 0.3 is 17.8 Å². The number of benzene rings is 1. The third-order valence-corrected chi connectivity index (χ3v) is 4.75. The number of nitro groups is 1. The summed E-state index contributed by atoms with van der Waals surface area (Å²) in [6.45, 7) is 0.139. The minimum absolute atomic E-state index is 0.0151. The minimum Gasteiger partial charge on any atom is -0.349 e. The normalized spacial score (nSPS) is 19.7. The molecule has 1 aliphatic rings. The van der Waals surface area contributed by atoms with Crippen molar-refractivity contribution in [3.05, 3.63) is 64.1 Å². The predicted octanol–water partition coefficient (Wildman–Crippen LogP) is 3.17. The molecule has 7 nitrogen and oxygen atoms in total. The summed E-state index contributed by atoms with van der Waals surface area (Å²) >= 11 is 0. The molecule has 3 rings (SSSR count). The number of carbonyl (C=O) groups is 1. The number of nitrogens with zero attached hydrogens (tertiary/aromatic N) is 3. The fraction of sp³-hybridized carbons (Fsp3) is 0.333. The highest BCUT2D eigenvalue weighted by molar-refractivity contribution is 5.82. The van der Waals surface area contributed by atoms with Crippen molar-refractivity contribution >= 4 is 17.4 Å². The van der Waals surface area contributed by atoms with Crippen LogP contribution in [0.3, 0.4) is 0 Å². The molecule has 2 unspecified atom stereocenters. The van der Waals surface area contributed by atoms with Gasteiger partial charge in [0, 0.05) is 31.3 Å². The first-order valence-corrected chi connectivity index (χ1v) is 8.64. The lowest BCUT2D eigenvalue weighted by molar-refractivity contribution is -0.384. The van der Waals surface area contributed by atoms with E-state index in [2.05, 4.69) is 4.98 Å². The van der Waals surface area contributed by atoms with Gasteiger partial charge in [0.05, 0.1) is 11.0 Å². The number of amides is 1. The molecule has 0 saturated carbocycles. The number of piperidine rings is 1. The van der Waals surface area contributed by atoms with Gasteiger partial charge in [0.2, 0.25) is 5.82 Å². The Labute approximate surface area is 162 Å². The molecular weight excluding hydrogens is 396 g/mol. The third kappa shape index (κ3) is 4.61. The topological polar surface area (TPSA) is 88.4 Å². The Morgan fingerprint density at radius 3 is 2.55 bits per heavy atom. The smallest absolute Gasteiger partial charge is 0.349 e. The van der Waals surface area contributed by atoms with Crippen LogP contribution in [0.2, 0.25) is 0 Å². The highest BCUT2D eigenvalue weighted by Crippen LogP contribution is 2.34. The Morgan fingerprint density at radius 1 is 1.24 bits per heavy atom. The molecule has 1 aromatic heterocycles. The monoisotopic (exact) mass is 412 g/mol. The fourth-order valence-corrected chi connectivity index (χ4v) is 3.42. The minimum atomic E-state index is -5.08. The van der Waals surface area contributed by atoms with Crippen molar-refractivity contribution in [1.29, 1.82) is 0 Å². The SMILES string of the molecule is O=C(NC1CN(c2ncccc2[N+](=O)[O-])CCC1c1ccc(F)cc1)C(F)(F)F. The van der Waals surface area contributed by atoms with Crippen molar-refractivity contribution in [3.63, 3.8) is 0 Å². The van der Waals surface area contributed by atoms with E-state index in [4.69, 9.17) is 0 Å². The molecule has 0 radical (unpaired) electrons. The Kier molecular flexibility index (Phi) is 5.66. The molecule has 0 spiro atoms. The van der Waals surface area contributed by atoms with E-state index in [0.717, 1.165) is 0 Å². The fourth-order valence-electron chi connectivity index (χ4n) is 3.42. The van der Waals surface area contributed by atoms with Gasteiger partial charge in [-0.05, 0) is 30.2 Å². The molecule has 154 valence electrons. The highest BCUT2D eigenvalue weighted by atomic mass is 19.4. The van der Waals surface area contributed by atoms with Crippen LogP contribution in [0, 0.1) is 15.9 Å². The van der Waals surface area contributed by atoms with Crippen molar-refractivity contribution in [2.24, 2.45) is 0 Å². The molecule has 1 amide bonds. The highest BCUT2D eigenvalue weighted by Gasteiger charge is 2.42. The van der Waals surface area contributed by atoms with Crippen LogP contribution >= 0.6 is 0 Å². The molecule has 2 heterocycles. The maximum atomic E-state index is 13.2. The van der Waals surface area contributed by atoms with Crippen LogP contribution < -0.4 is 10.2 Å². The summed E-state index contributed by atoms with van der Waals surface area (Å²) in [7, 11) is 0. The van der Waals surface area contributed by atoms with Gasteiger partial charge in [-0.1, -0.05) is 12.1 Å². The number of rotatable bonds is 4. The second-order valence-corrected chi connectivity index (χ2v) is 6.57. The average molecular weight is 412 g/mol. The van der Waals surface area contributed by atoms with E-state index in [9.17, 15) is 32.5 Å². The maximum Gasteiger partial charge on any atom is 0.471 e. The predicted molar refractivity (Wildman–Crippen MR) is 94.8 cm³/mol. The van der Waals surface area contributed by atoms with E-state index < -0.39 is 34.8 Å². The third-order valence-electron chi connectivity index (χ3n) is 4.75. The molecule has 2 aromatic rings. The summed E-state index contributed by atoms with van der Waals surface area (Å²) in [5.74, 6) is -3.11. The second kappa shape index (κ2) is 8.02. The molecular formula is C18H16F4N4O3. The molecule has 1 saturated heterocycles. The number of hydrogen-bond donors (Lipinski definition) is 1.